The van der Waals surface area contributed by atoms with E-state index in [4.69, 9.17) is 0 Å². The van der Waals surface area contributed by atoms with E-state index in [1.807, 2.05) is 6.07 Å². The second kappa shape index (κ2) is 4.12. The van der Waals surface area contributed by atoms with Gasteiger partial charge in [-0.25, -0.2) is 0 Å². The Hall–Kier alpha value is -1.58. The summed E-state index contributed by atoms with van der Waals surface area (Å²) in [5.41, 5.74) is 1.64. The molecule has 1 aromatic rings. The van der Waals surface area contributed by atoms with E-state index in [2.05, 4.69) is 5.32 Å². The number of anilines is 1. The molecule has 1 unspecified atom stereocenters. The number of rotatable bonds is 2. The van der Waals surface area contributed by atoms with Gasteiger partial charge < -0.3 is 9.88 Å². The highest BCUT2D eigenvalue weighted by Crippen LogP contribution is 2.18. The second-order valence-electron chi connectivity index (χ2n) is 4.25. The van der Waals surface area contributed by atoms with E-state index in [9.17, 15) is 9.59 Å². The number of hydrogen-bond donors (Lipinski definition) is 1. The lowest BCUT2D eigenvalue weighted by Gasteiger charge is -2.20. The van der Waals surface area contributed by atoms with Crippen molar-refractivity contribution in [3.63, 3.8) is 0 Å². The Kier molecular flexibility index (Phi) is 2.81. The molecular formula is C12H16N2O2. The van der Waals surface area contributed by atoms with Gasteiger partial charge in [-0.1, -0.05) is 0 Å². The predicted octanol–water partition coefficient (Wildman–Crippen LogP) is 1.36. The van der Waals surface area contributed by atoms with Crippen molar-refractivity contribution < 1.29 is 4.79 Å². The first-order valence-electron chi connectivity index (χ1n) is 5.59. The number of ketones is 1. The van der Waals surface area contributed by atoms with Crippen molar-refractivity contribution in [2.75, 3.05) is 11.9 Å². The number of pyridine rings is 1. The van der Waals surface area contributed by atoms with Crippen molar-refractivity contribution in [3.8, 4) is 0 Å². The third-order valence-corrected chi connectivity index (χ3v) is 3.14. The summed E-state index contributed by atoms with van der Waals surface area (Å²) in [4.78, 5) is 23.4. The SMILES string of the molecule is CC(=O)C(C)n1ccc2c(c1=O)NCCC2. The summed E-state index contributed by atoms with van der Waals surface area (Å²) in [6.07, 6.45) is 3.71. The Balaban J connectivity index is 2.50. The summed E-state index contributed by atoms with van der Waals surface area (Å²) in [5, 5.41) is 3.12. The normalized spacial score (nSPS) is 16.1. The number of Topliss-reactive ketones (excluding diaryl/α,β-unsaturated/α-hetero) is 1. The summed E-state index contributed by atoms with van der Waals surface area (Å²) in [6, 6.07) is 1.55. The molecule has 16 heavy (non-hydrogen) atoms. The number of aromatic nitrogens is 1. The Morgan fingerprint density at radius 3 is 3.00 bits per heavy atom. The van der Waals surface area contributed by atoms with Crippen LogP contribution in [-0.2, 0) is 11.2 Å². The third kappa shape index (κ3) is 1.75. The molecule has 0 radical (unpaired) electrons. The molecule has 1 atom stereocenters. The van der Waals surface area contributed by atoms with E-state index in [0.717, 1.165) is 24.9 Å². The molecule has 0 aromatic carbocycles. The van der Waals surface area contributed by atoms with Crippen LogP contribution in [0.15, 0.2) is 17.1 Å². The Morgan fingerprint density at radius 1 is 1.56 bits per heavy atom. The molecule has 0 amide bonds. The molecule has 0 saturated heterocycles. The molecule has 4 heteroatoms. The summed E-state index contributed by atoms with van der Waals surface area (Å²) >= 11 is 0. The van der Waals surface area contributed by atoms with Gasteiger partial charge in [-0.3, -0.25) is 9.59 Å². The van der Waals surface area contributed by atoms with Crippen LogP contribution in [0.1, 0.15) is 31.9 Å². The van der Waals surface area contributed by atoms with E-state index < -0.39 is 0 Å². The Bertz CT molecular complexity index is 476. The van der Waals surface area contributed by atoms with Gasteiger partial charge in [0.15, 0.2) is 5.78 Å². The highest BCUT2D eigenvalue weighted by molar-refractivity contribution is 5.79. The number of carbonyl (C=O) groups is 1. The van der Waals surface area contributed by atoms with Crippen molar-refractivity contribution in [2.24, 2.45) is 0 Å². The fraction of sp³-hybridized carbons (Fsp3) is 0.500. The number of fused-ring (bicyclic) bond motifs is 1. The standard InChI is InChI=1S/C12H16N2O2/c1-8(9(2)15)14-7-5-10-4-3-6-13-11(10)12(14)16/h5,7-8,13H,3-4,6H2,1-2H3. The first-order chi connectivity index (χ1) is 7.61. The van der Waals surface area contributed by atoms with Gasteiger partial charge in [0.25, 0.3) is 5.56 Å². The van der Waals surface area contributed by atoms with Crippen molar-refractivity contribution in [3.05, 3.63) is 28.2 Å². The zero-order chi connectivity index (χ0) is 11.7. The van der Waals surface area contributed by atoms with Crippen LogP contribution >= 0.6 is 0 Å². The molecule has 4 nitrogen and oxygen atoms in total. The topological polar surface area (TPSA) is 51.1 Å². The summed E-state index contributed by atoms with van der Waals surface area (Å²) in [6.45, 7) is 4.09. The van der Waals surface area contributed by atoms with Crippen LogP contribution < -0.4 is 10.9 Å². The first kappa shape index (κ1) is 10.9. The average Bonchev–Trinajstić information content (AvgIpc) is 2.29. The van der Waals surface area contributed by atoms with Crippen molar-refractivity contribution in [1.82, 2.24) is 4.57 Å². The smallest absolute Gasteiger partial charge is 0.274 e. The van der Waals surface area contributed by atoms with E-state index in [1.165, 1.54) is 11.5 Å². The zero-order valence-electron chi connectivity index (χ0n) is 9.62. The number of aryl methyl sites for hydroxylation is 1. The molecule has 0 saturated carbocycles. The van der Waals surface area contributed by atoms with Gasteiger partial charge in [-0.2, -0.15) is 0 Å². The summed E-state index contributed by atoms with van der Waals surface area (Å²) in [7, 11) is 0. The number of hydrogen-bond acceptors (Lipinski definition) is 3. The van der Waals surface area contributed by atoms with Crippen LogP contribution in [-0.4, -0.2) is 16.9 Å². The van der Waals surface area contributed by atoms with Crippen LogP contribution in [0.5, 0.6) is 0 Å². The quantitative estimate of drug-likeness (QED) is 0.818. The number of nitrogens with one attached hydrogen (secondary N) is 1. The monoisotopic (exact) mass is 220 g/mol. The molecule has 0 spiro atoms. The lowest BCUT2D eigenvalue weighted by molar-refractivity contribution is -0.119. The summed E-state index contributed by atoms with van der Waals surface area (Å²) in [5.74, 6) is -0.00198. The molecule has 0 fully saturated rings. The van der Waals surface area contributed by atoms with Gasteiger partial charge in [0.05, 0.1) is 6.04 Å². The zero-order valence-corrected chi connectivity index (χ0v) is 9.62. The van der Waals surface area contributed by atoms with Crippen LogP contribution in [0.4, 0.5) is 5.69 Å². The van der Waals surface area contributed by atoms with Crippen LogP contribution in [0.25, 0.3) is 0 Å². The lowest BCUT2D eigenvalue weighted by Crippen LogP contribution is -2.31. The molecule has 1 N–H and O–H groups in total. The van der Waals surface area contributed by atoms with E-state index in [1.54, 1.807) is 13.1 Å². The predicted molar refractivity (Wildman–Crippen MR) is 62.9 cm³/mol. The van der Waals surface area contributed by atoms with Crippen LogP contribution in [0.2, 0.25) is 0 Å². The molecule has 0 bridgehead atoms. The molecule has 1 aromatic heterocycles. The fourth-order valence-electron chi connectivity index (χ4n) is 1.98. The number of carbonyl (C=O) groups excluding carboxylic acids is 1. The molecule has 86 valence electrons. The molecule has 1 aliphatic heterocycles. The van der Waals surface area contributed by atoms with Gasteiger partial charge in [-0.15, -0.1) is 0 Å². The highest BCUT2D eigenvalue weighted by Gasteiger charge is 2.17. The first-order valence-corrected chi connectivity index (χ1v) is 5.59. The van der Waals surface area contributed by atoms with E-state index in [0.29, 0.717) is 5.69 Å². The molecule has 0 aliphatic carbocycles. The van der Waals surface area contributed by atoms with Gasteiger partial charge in [0.1, 0.15) is 5.69 Å². The Labute approximate surface area is 94.3 Å². The third-order valence-electron chi connectivity index (χ3n) is 3.14. The van der Waals surface area contributed by atoms with E-state index >= 15 is 0 Å². The molecular weight excluding hydrogens is 204 g/mol. The van der Waals surface area contributed by atoms with Crippen LogP contribution in [0, 0.1) is 0 Å². The molecule has 2 heterocycles. The fourth-order valence-corrected chi connectivity index (χ4v) is 1.98. The van der Waals surface area contributed by atoms with Gasteiger partial charge >= 0.3 is 0 Å². The van der Waals surface area contributed by atoms with Crippen molar-refractivity contribution in [2.45, 2.75) is 32.7 Å². The minimum Gasteiger partial charge on any atom is -0.380 e. The largest absolute Gasteiger partial charge is 0.380 e. The summed E-state index contributed by atoms with van der Waals surface area (Å²) < 4.78 is 1.50. The second-order valence-corrected chi connectivity index (χ2v) is 4.25. The van der Waals surface area contributed by atoms with Crippen LogP contribution in [0.3, 0.4) is 0 Å². The van der Waals surface area contributed by atoms with Gasteiger partial charge in [-0.05, 0) is 38.3 Å². The minimum atomic E-state index is -0.387. The minimum absolute atomic E-state index is 0.00198. The maximum atomic E-state index is 12.1. The maximum absolute atomic E-state index is 12.1. The van der Waals surface area contributed by atoms with Crippen molar-refractivity contribution >= 4 is 11.5 Å². The van der Waals surface area contributed by atoms with Crippen molar-refractivity contribution in [1.29, 1.82) is 0 Å². The maximum Gasteiger partial charge on any atom is 0.274 e. The van der Waals surface area contributed by atoms with Gasteiger partial charge in [0, 0.05) is 12.7 Å². The Morgan fingerprint density at radius 2 is 2.31 bits per heavy atom. The lowest BCUT2D eigenvalue weighted by atomic mass is 10.1. The van der Waals surface area contributed by atoms with Gasteiger partial charge in [0.2, 0.25) is 0 Å². The number of nitrogens with zero attached hydrogens (tertiary/aromatic N) is 1. The molecule has 2 rings (SSSR count). The van der Waals surface area contributed by atoms with E-state index in [-0.39, 0.29) is 17.4 Å². The molecule has 1 aliphatic rings. The average molecular weight is 220 g/mol. The highest BCUT2D eigenvalue weighted by atomic mass is 16.1.